The first-order valence-electron chi connectivity index (χ1n) is 9.56. The van der Waals surface area contributed by atoms with Crippen LogP contribution in [0.5, 0.6) is 17.2 Å². The Morgan fingerprint density at radius 1 is 0.938 bits per heavy atom. The second-order valence-corrected chi connectivity index (χ2v) is 9.70. The van der Waals surface area contributed by atoms with Crippen molar-refractivity contribution in [2.75, 3.05) is 17.7 Å². The lowest BCUT2D eigenvalue weighted by Gasteiger charge is -2.25. The van der Waals surface area contributed by atoms with Crippen molar-refractivity contribution in [1.29, 1.82) is 0 Å². The van der Waals surface area contributed by atoms with Crippen molar-refractivity contribution in [2.24, 2.45) is 0 Å². The first-order valence-corrected chi connectivity index (χ1v) is 11.0. The van der Waals surface area contributed by atoms with E-state index >= 15 is 0 Å². The fourth-order valence-corrected chi connectivity index (χ4v) is 6.66. The van der Waals surface area contributed by atoms with Crippen LogP contribution in [-0.4, -0.2) is 21.8 Å². The fraction of sp³-hybridized carbons (Fsp3) is 0.238. The molecule has 3 aliphatic heterocycles. The molecule has 0 aliphatic carbocycles. The Bertz CT molecular complexity index is 1370. The van der Waals surface area contributed by atoms with Crippen molar-refractivity contribution in [3.05, 3.63) is 71.2 Å². The predicted molar refractivity (Wildman–Crippen MR) is 104 cm³/mol. The lowest BCUT2D eigenvalue weighted by molar-refractivity contribution is -0.153. The summed E-state index contributed by atoms with van der Waals surface area (Å²) in [6.07, 6.45) is -4.66. The summed E-state index contributed by atoms with van der Waals surface area (Å²) >= 11 is 0. The maximum absolute atomic E-state index is 14.0. The molecule has 1 aromatic heterocycles. The van der Waals surface area contributed by atoms with Crippen LogP contribution in [0.4, 0.5) is 18.9 Å². The van der Waals surface area contributed by atoms with E-state index in [2.05, 4.69) is 0 Å². The topological polar surface area (TPSA) is 78.2 Å². The van der Waals surface area contributed by atoms with Gasteiger partial charge in [-0.15, -0.1) is 0 Å². The van der Waals surface area contributed by atoms with Crippen LogP contribution in [-0.2, 0) is 27.5 Å². The summed E-state index contributed by atoms with van der Waals surface area (Å²) in [5, 5.41) is 0. The number of hydrogen-bond acceptors (Lipinski definition) is 6. The molecular formula is C21H14F3NO6S. The van der Waals surface area contributed by atoms with Gasteiger partial charge in [-0.05, 0) is 24.3 Å². The number of hydrogen-bond donors (Lipinski definition) is 0. The van der Waals surface area contributed by atoms with Gasteiger partial charge in [-0.1, -0.05) is 18.2 Å². The molecule has 11 heteroatoms. The van der Waals surface area contributed by atoms with Crippen LogP contribution < -0.4 is 18.5 Å². The van der Waals surface area contributed by atoms with Gasteiger partial charge in [0.1, 0.15) is 18.1 Å². The van der Waals surface area contributed by atoms with Crippen molar-refractivity contribution >= 4 is 15.7 Å². The Morgan fingerprint density at radius 3 is 2.44 bits per heavy atom. The first-order chi connectivity index (χ1) is 15.2. The third kappa shape index (κ3) is 2.39. The van der Waals surface area contributed by atoms with Crippen LogP contribution in [0, 0.1) is 0 Å². The number of fused-ring (bicyclic) bond motifs is 5. The van der Waals surface area contributed by atoms with E-state index in [1.807, 2.05) is 0 Å². The summed E-state index contributed by atoms with van der Waals surface area (Å²) in [5.74, 6) is -0.101. The molecule has 0 bridgehead atoms. The van der Waals surface area contributed by atoms with Crippen LogP contribution in [0.2, 0.25) is 0 Å². The highest BCUT2D eigenvalue weighted by molar-refractivity contribution is 7.94. The molecule has 6 rings (SSSR count). The van der Waals surface area contributed by atoms with Crippen LogP contribution in [0.25, 0.3) is 0 Å². The minimum atomic E-state index is -4.66. The summed E-state index contributed by atoms with van der Waals surface area (Å²) in [4.78, 5) is 0. The van der Waals surface area contributed by atoms with Gasteiger partial charge in [-0.25, -0.2) is 8.42 Å². The van der Waals surface area contributed by atoms with Gasteiger partial charge in [0.15, 0.2) is 16.2 Å². The molecule has 3 aromatic rings. The molecule has 0 fully saturated rings. The molecule has 2 aromatic carbocycles. The molecule has 7 nitrogen and oxygen atoms in total. The molecule has 1 unspecified atom stereocenters. The summed E-state index contributed by atoms with van der Waals surface area (Å²) in [6, 6.07) is 11.8. The van der Waals surface area contributed by atoms with Gasteiger partial charge in [0.05, 0.1) is 12.2 Å². The van der Waals surface area contributed by atoms with E-state index in [0.717, 1.165) is 16.4 Å². The van der Waals surface area contributed by atoms with Gasteiger partial charge in [0, 0.05) is 17.2 Å². The van der Waals surface area contributed by atoms with Crippen molar-refractivity contribution < 1.29 is 40.2 Å². The highest BCUT2D eigenvalue weighted by Gasteiger charge is 2.62. The average molecular weight is 465 g/mol. The van der Waals surface area contributed by atoms with E-state index in [4.69, 9.17) is 18.6 Å². The number of anilines is 1. The van der Waals surface area contributed by atoms with E-state index in [1.165, 1.54) is 0 Å². The zero-order valence-electron chi connectivity index (χ0n) is 16.2. The second kappa shape index (κ2) is 6.12. The number of furan rings is 1. The SMILES string of the molecule is O=S1(=O)N(Cc2ccc(C(F)(F)F)o2)c2ccccc2C12COc1cc3c(cc12)OCO3. The number of rotatable bonds is 2. The number of ether oxygens (including phenoxy) is 3. The molecule has 4 heterocycles. The minimum Gasteiger partial charge on any atom is -0.491 e. The molecule has 0 radical (unpaired) electrons. The summed E-state index contributed by atoms with van der Waals surface area (Å²) in [7, 11) is -4.17. The molecule has 3 aliphatic rings. The van der Waals surface area contributed by atoms with E-state index in [9.17, 15) is 21.6 Å². The normalized spacial score (nSPS) is 22.2. The van der Waals surface area contributed by atoms with Crippen LogP contribution in [0.3, 0.4) is 0 Å². The number of nitrogens with zero attached hydrogens (tertiary/aromatic N) is 1. The van der Waals surface area contributed by atoms with Gasteiger partial charge in [-0.2, -0.15) is 13.2 Å². The Kier molecular flexibility index (Phi) is 3.70. The van der Waals surface area contributed by atoms with Gasteiger partial charge in [0.25, 0.3) is 10.0 Å². The Hall–Kier alpha value is -3.34. The zero-order chi connectivity index (χ0) is 22.3. The maximum atomic E-state index is 14.0. The predicted octanol–water partition coefficient (Wildman–Crippen LogP) is 4.01. The highest BCUT2D eigenvalue weighted by atomic mass is 32.2. The number of sulfonamides is 1. The summed E-state index contributed by atoms with van der Waals surface area (Å²) in [5.41, 5.74) is 1.22. The van der Waals surface area contributed by atoms with Gasteiger partial charge in [0.2, 0.25) is 12.6 Å². The summed E-state index contributed by atoms with van der Waals surface area (Å²) < 4.78 is 87.8. The maximum Gasteiger partial charge on any atom is 0.449 e. The van der Waals surface area contributed by atoms with Crippen molar-refractivity contribution in [2.45, 2.75) is 17.5 Å². The molecule has 1 spiro atoms. The lowest BCUT2D eigenvalue weighted by atomic mass is 9.90. The highest BCUT2D eigenvalue weighted by Crippen LogP contribution is 2.58. The first kappa shape index (κ1) is 19.4. The quantitative estimate of drug-likeness (QED) is 0.569. The van der Waals surface area contributed by atoms with Gasteiger partial charge >= 0.3 is 6.18 Å². The lowest BCUT2D eigenvalue weighted by Crippen LogP contribution is -2.41. The van der Waals surface area contributed by atoms with Crippen molar-refractivity contribution in [3.8, 4) is 17.2 Å². The van der Waals surface area contributed by atoms with Crippen LogP contribution >= 0.6 is 0 Å². The van der Waals surface area contributed by atoms with Crippen molar-refractivity contribution in [3.63, 3.8) is 0 Å². The molecule has 0 amide bonds. The number of para-hydroxylation sites is 1. The van der Waals surface area contributed by atoms with E-state index in [0.29, 0.717) is 34.1 Å². The third-order valence-electron chi connectivity index (χ3n) is 5.92. The third-order valence-corrected chi connectivity index (χ3v) is 8.26. The molecule has 32 heavy (non-hydrogen) atoms. The Labute approximate surface area is 180 Å². The minimum absolute atomic E-state index is 0.0146. The molecule has 166 valence electrons. The fourth-order valence-electron chi connectivity index (χ4n) is 4.47. The number of halogens is 3. The molecular weight excluding hydrogens is 451 g/mol. The average Bonchev–Trinajstić information content (AvgIpc) is 3.50. The smallest absolute Gasteiger partial charge is 0.449 e. The van der Waals surface area contributed by atoms with Gasteiger partial charge < -0.3 is 18.6 Å². The zero-order valence-corrected chi connectivity index (χ0v) is 17.0. The molecule has 1 atom stereocenters. The van der Waals surface area contributed by atoms with E-state index in [1.54, 1.807) is 36.4 Å². The van der Waals surface area contributed by atoms with Gasteiger partial charge in [-0.3, -0.25) is 4.31 Å². The molecule has 0 saturated heterocycles. The van der Waals surface area contributed by atoms with Crippen LogP contribution in [0.1, 0.15) is 22.6 Å². The largest absolute Gasteiger partial charge is 0.491 e. The number of alkyl halides is 3. The molecule has 0 N–H and O–H groups in total. The van der Waals surface area contributed by atoms with Crippen molar-refractivity contribution in [1.82, 2.24) is 0 Å². The Balaban J connectivity index is 1.50. The second-order valence-electron chi connectivity index (χ2n) is 7.61. The number of benzene rings is 2. The van der Waals surface area contributed by atoms with Crippen LogP contribution in [0.15, 0.2) is 52.9 Å². The Morgan fingerprint density at radius 2 is 1.69 bits per heavy atom. The van der Waals surface area contributed by atoms with E-state index < -0.39 is 33.3 Å². The molecule has 0 saturated carbocycles. The summed E-state index contributed by atoms with van der Waals surface area (Å²) in [6.45, 7) is -0.565. The van der Waals surface area contributed by atoms with E-state index in [-0.39, 0.29) is 19.2 Å². The standard InChI is InChI=1S/C21H14F3NO6S/c22-21(23,24)19-6-5-12(31-19)9-25-15-4-2-1-3-13(15)20(32(25,26)27)10-28-16-8-18-17(7-14(16)20)29-11-30-18/h1-8H,9-11H2. The monoisotopic (exact) mass is 465 g/mol.